The molecule has 0 aromatic carbocycles. The maximum Gasteiger partial charge on any atom is 0.321 e. The van der Waals surface area contributed by atoms with E-state index in [2.05, 4.69) is 5.32 Å². The number of carboxylic acids is 1. The predicted molar refractivity (Wildman–Crippen MR) is 62.0 cm³/mol. The molecule has 0 amide bonds. The Morgan fingerprint density at radius 2 is 2.38 bits per heavy atom. The fraction of sp³-hybridized carbons (Fsp3) is 0.545. The minimum absolute atomic E-state index is 0.390. The van der Waals surface area contributed by atoms with Gasteiger partial charge in [0.1, 0.15) is 6.04 Å². The molecule has 5 heteroatoms. The monoisotopic (exact) mass is 241 g/mol. The molecular formula is C11H15NO3S. The lowest BCUT2D eigenvalue weighted by atomic mass is 9.75. The molecule has 1 aliphatic rings. The molecule has 2 rings (SSSR count). The van der Waals surface area contributed by atoms with Crippen molar-refractivity contribution in [1.82, 2.24) is 5.32 Å². The highest BCUT2D eigenvalue weighted by molar-refractivity contribution is 7.10. The molecule has 1 saturated heterocycles. The fourth-order valence-corrected chi connectivity index (χ4v) is 3.40. The molecule has 0 spiro atoms. The number of ether oxygens (including phenoxy) is 1. The summed E-state index contributed by atoms with van der Waals surface area (Å²) in [5, 5.41) is 14.1. The van der Waals surface area contributed by atoms with Gasteiger partial charge in [-0.2, -0.15) is 0 Å². The van der Waals surface area contributed by atoms with Crippen LogP contribution in [-0.4, -0.2) is 37.4 Å². The van der Waals surface area contributed by atoms with Crippen LogP contribution < -0.4 is 5.32 Å². The quantitative estimate of drug-likeness (QED) is 0.825. The van der Waals surface area contributed by atoms with E-state index in [0.29, 0.717) is 13.2 Å². The number of hydrogen-bond acceptors (Lipinski definition) is 4. The van der Waals surface area contributed by atoms with Gasteiger partial charge < -0.3 is 15.2 Å². The molecule has 1 aliphatic heterocycles. The lowest BCUT2D eigenvalue weighted by molar-refractivity contribution is -0.150. The second-order valence-electron chi connectivity index (χ2n) is 4.14. The van der Waals surface area contributed by atoms with Crippen molar-refractivity contribution < 1.29 is 14.6 Å². The van der Waals surface area contributed by atoms with E-state index in [1.807, 2.05) is 18.4 Å². The third-order valence-corrected chi connectivity index (χ3v) is 4.36. The normalized spacial score (nSPS) is 20.1. The summed E-state index contributed by atoms with van der Waals surface area (Å²) in [6, 6.07) is 1.44. The number of likely N-dealkylation sites (N-methyl/N-ethyl adjacent to an activating group) is 1. The standard InChI is InChI=1S/C11H15NO3S/c1-7-3-4-16-9(7)11(5-15-6-11)8(12-2)10(13)14/h3-4,8,12H,5-6H2,1-2H3,(H,13,14). The number of aliphatic carboxylic acids is 1. The van der Waals surface area contributed by atoms with Crippen LogP contribution in [0.3, 0.4) is 0 Å². The van der Waals surface area contributed by atoms with Gasteiger partial charge >= 0.3 is 5.97 Å². The molecule has 0 saturated carbocycles. The van der Waals surface area contributed by atoms with Gasteiger partial charge in [-0.15, -0.1) is 11.3 Å². The molecule has 1 aromatic rings. The van der Waals surface area contributed by atoms with Crippen LogP contribution in [0.15, 0.2) is 11.4 Å². The minimum atomic E-state index is -0.821. The van der Waals surface area contributed by atoms with Gasteiger partial charge in [0, 0.05) is 4.88 Å². The van der Waals surface area contributed by atoms with Crippen molar-refractivity contribution in [2.24, 2.45) is 0 Å². The largest absolute Gasteiger partial charge is 0.480 e. The van der Waals surface area contributed by atoms with Crippen LogP contribution in [0.5, 0.6) is 0 Å². The Kier molecular flexibility index (Phi) is 3.01. The molecule has 0 bridgehead atoms. The zero-order chi connectivity index (χ0) is 11.8. The average molecular weight is 241 g/mol. The number of hydrogen-bond donors (Lipinski definition) is 2. The number of rotatable bonds is 4. The van der Waals surface area contributed by atoms with E-state index in [4.69, 9.17) is 4.74 Å². The van der Waals surface area contributed by atoms with Gasteiger partial charge in [-0.3, -0.25) is 4.79 Å². The zero-order valence-corrected chi connectivity index (χ0v) is 10.1. The van der Waals surface area contributed by atoms with Gasteiger partial charge in [-0.05, 0) is 31.0 Å². The number of carboxylic acid groups (broad SMARTS) is 1. The summed E-state index contributed by atoms with van der Waals surface area (Å²) >= 11 is 1.61. The Morgan fingerprint density at radius 3 is 2.69 bits per heavy atom. The second kappa shape index (κ2) is 4.16. The zero-order valence-electron chi connectivity index (χ0n) is 9.32. The molecule has 0 radical (unpaired) electrons. The van der Waals surface area contributed by atoms with Gasteiger partial charge in [-0.25, -0.2) is 0 Å². The Bertz CT molecular complexity index is 398. The minimum Gasteiger partial charge on any atom is -0.480 e. The Morgan fingerprint density at radius 1 is 1.69 bits per heavy atom. The maximum absolute atomic E-state index is 11.3. The summed E-state index contributed by atoms with van der Waals surface area (Å²) in [7, 11) is 1.68. The van der Waals surface area contributed by atoms with Crippen LogP contribution in [0.4, 0.5) is 0 Å². The van der Waals surface area contributed by atoms with Gasteiger partial charge in [0.15, 0.2) is 0 Å². The number of nitrogens with one attached hydrogen (secondary N) is 1. The lowest BCUT2D eigenvalue weighted by Gasteiger charge is -2.45. The van der Waals surface area contributed by atoms with Crippen LogP contribution >= 0.6 is 11.3 Å². The Labute approximate surface area is 98.2 Å². The van der Waals surface area contributed by atoms with Crippen molar-refractivity contribution in [3.63, 3.8) is 0 Å². The highest BCUT2D eigenvalue weighted by Crippen LogP contribution is 2.40. The molecular weight excluding hydrogens is 226 g/mol. The molecule has 88 valence electrons. The second-order valence-corrected chi connectivity index (χ2v) is 5.06. The third kappa shape index (κ3) is 1.55. The number of thiophene rings is 1. The lowest BCUT2D eigenvalue weighted by Crippen LogP contribution is -2.62. The Hall–Kier alpha value is -0.910. The first-order valence-corrected chi connectivity index (χ1v) is 6.02. The van der Waals surface area contributed by atoms with Crippen LogP contribution in [0.25, 0.3) is 0 Å². The number of carbonyl (C=O) groups is 1. The van der Waals surface area contributed by atoms with Crippen LogP contribution in [0, 0.1) is 6.92 Å². The molecule has 2 heterocycles. The average Bonchev–Trinajstić information content (AvgIpc) is 2.57. The molecule has 0 aliphatic carbocycles. The van der Waals surface area contributed by atoms with Crippen molar-refractivity contribution in [3.8, 4) is 0 Å². The van der Waals surface area contributed by atoms with Crippen molar-refractivity contribution in [3.05, 3.63) is 21.9 Å². The molecule has 4 nitrogen and oxygen atoms in total. The topological polar surface area (TPSA) is 58.6 Å². The van der Waals surface area contributed by atoms with Crippen molar-refractivity contribution >= 4 is 17.3 Å². The first kappa shape index (κ1) is 11.6. The van der Waals surface area contributed by atoms with E-state index in [1.165, 1.54) is 0 Å². The highest BCUT2D eigenvalue weighted by Gasteiger charge is 2.51. The molecule has 1 unspecified atom stereocenters. The molecule has 1 atom stereocenters. The van der Waals surface area contributed by atoms with Crippen LogP contribution in [-0.2, 0) is 14.9 Å². The van der Waals surface area contributed by atoms with Crippen molar-refractivity contribution in [2.45, 2.75) is 18.4 Å². The Balaban J connectivity index is 2.39. The number of aryl methyl sites for hydroxylation is 1. The summed E-state index contributed by atoms with van der Waals surface area (Å²) in [5.74, 6) is -0.821. The maximum atomic E-state index is 11.3. The first-order valence-electron chi connectivity index (χ1n) is 5.14. The van der Waals surface area contributed by atoms with Crippen molar-refractivity contribution in [2.75, 3.05) is 20.3 Å². The highest BCUT2D eigenvalue weighted by atomic mass is 32.1. The van der Waals surface area contributed by atoms with E-state index in [9.17, 15) is 9.90 Å². The SMILES string of the molecule is CNC(C(=O)O)C1(c2sccc2C)COC1. The fourth-order valence-electron chi connectivity index (χ4n) is 2.27. The van der Waals surface area contributed by atoms with Crippen LogP contribution in [0.1, 0.15) is 10.4 Å². The van der Waals surface area contributed by atoms with Gasteiger partial charge in [0.25, 0.3) is 0 Å². The van der Waals surface area contributed by atoms with E-state index in [0.717, 1.165) is 10.4 Å². The summed E-state index contributed by atoms with van der Waals surface area (Å²) in [4.78, 5) is 12.4. The van der Waals surface area contributed by atoms with E-state index < -0.39 is 17.4 Å². The molecule has 1 aromatic heterocycles. The van der Waals surface area contributed by atoms with Crippen molar-refractivity contribution in [1.29, 1.82) is 0 Å². The summed E-state index contributed by atoms with van der Waals surface area (Å²) in [6.07, 6.45) is 0. The van der Waals surface area contributed by atoms with Crippen LogP contribution in [0.2, 0.25) is 0 Å². The first-order chi connectivity index (χ1) is 7.62. The summed E-state index contributed by atoms with van der Waals surface area (Å²) in [6.45, 7) is 2.97. The van der Waals surface area contributed by atoms with Gasteiger partial charge in [-0.1, -0.05) is 0 Å². The van der Waals surface area contributed by atoms with Gasteiger partial charge in [0.2, 0.25) is 0 Å². The smallest absolute Gasteiger partial charge is 0.321 e. The predicted octanol–water partition coefficient (Wildman–Crippen LogP) is 0.997. The summed E-state index contributed by atoms with van der Waals surface area (Å²) in [5.41, 5.74) is 0.758. The van der Waals surface area contributed by atoms with Gasteiger partial charge in [0.05, 0.1) is 18.6 Å². The van der Waals surface area contributed by atoms with E-state index in [1.54, 1.807) is 18.4 Å². The van der Waals surface area contributed by atoms with E-state index >= 15 is 0 Å². The molecule has 16 heavy (non-hydrogen) atoms. The molecule has 2 N–H and O–H groups in total. The third-order valence-electron chi connectivity index (χ3n) is 3.12. The summed E-state index contributed by atoms with van der Waals surface area (Å²) < 4.78 is 5.25. The molecule has 1 fully saturated rings. The van der Waals surface area contributed by atoms with E-state index in [-0.39, 0.29) is 0 Å².